The van der Waals surface area contributed by atoms with Crippen molar-refractivity contribution in [3.05, 3.63) is 65.2 Å². The zero-order chi connectivity index (χ0) is 17.2. The van der Waals surface area contributed by atoms with Gasteiger partial charge in [-0.3, -0.25) is 4.79 Å². The highest BCUT2D eigenvalue weighted by molar-refractivity contribution is 7.89. The van der Waals surface area contributed by atoms with Crippen molar-refractivity contribution in [2.75, 3.05) is 0 Å². The Morgan fingerprint density at radius 3 is 2.42 bits per heavy atom. The predicted molar refractivity (Wildman–Crippen MR) is 91.9 cm³/mol. The van der Waals surface area contributed by atoms with Gasteiger partial charge in [-0.05, 0) is 48.1 Å². The minimum atomic E-state index is -3.70. The number of benzene rings is 2. The lowest BCUT2D eigenvalue weighted by atomic mass is 9.88. The minimum Gasteiger partial charge on any atom is -0.353 e. The Labute approximate surface area is 141 Å². The summed E-state index contributed by atoms with van der Waals surface area (Å²) in [5, 5.41) is 8.13. The molecule has 0 aromatic heterocycles. The third-order valence-electron chi connectivity index (χ3n) is 4.33. The molecule has 1 aliphatic rings. The number of rotatable bonds is 4. The molecule has 2 aromatic carbocycles. The summed E-state index contributed by atoms with van der Waals surface area (Å²) >= 11 is 0. The van der Waals surface area contributed by atoms with Crippen molar-refractivity contribution in [1.82, 2.24) is 5.32 Å². The van der Waals surface area contributed by atoms with Crippen molar-refractivity contribution < 1.29 is 13.2 Å². The van der Waals surface area contributed by atoms with Crippen LogP contribution < -0.4 is 10.5 Å². The highest BCUT2D eigenvalue weighted by Gasteiger charge is 2.19. The van der Waals surface area contributed by atoms with E-state index in [1.165, 1.54) is 23.3 Å². The summed E-state index contributed by atoms with van der Waals surface area (Å²) < 4.78 is 22.5. The molecule has 0 bridgehead atoms. The molecule has 0 radical (unpaired) electrons. The van der Waals surface area contributed by atoms with E-state index in [2.05, 4.69) is 17.4 Å². The second kappa shape index (κ2) is 6.75. The summed E-state index contributed by atoms with van der Waals surface area (Å²) in [5.74, 6) is -0.0530. The number of aryl methyl sites for hydroxylation is 1. The SMILES string of the molecule is NS(=O)(=O)c1ccc(CC(=O)NC2CCc3ccccc3C2)cc1. The van der Waals surface area contributed by atoms with Gasteiger partial charge in [0, 0.05) is 6.04 Å². The van der Waals surface area contributed by atoms with E-state index in [0.29, 0.717) is 0 Å². The Hall–Kier alpha value is -2.18. The van der Waals surface area contributed by atoms with E-state index in [1.807, 2.05) is 12.1 Å². The monoisotopic (exact) mass is 344 g/mol. The lowest BCUT2D eigenvalue weighted by molar-refractivity contribution is -0.121. The number of hydrogen-bond acceptors (Lipinski definition) is 3. The van der Waals surface area contributed by atoms with Gasteiger partial charge in [0.15, 0.2) is 0 Å². The molecule has 3 rings (SSSR count). The molecule has 0 spiro atoms. The first-order chi connectivity index (χ1) is 11.4. The second-order valence-electron chi connectivity index (χ2n) is 6.14. The van der Waals surface area contributed by atoms with E-state index in [4.69, 9.17) is 5.14 Å². The summed E-state index contributed by atoms with van der Waals surface area (Å²) in [6.45, 7) is 0. The van der Waals surface area contributed by atoms with Crippen LogP contribution in [-0.2, 0) is 34.1 Å². The maximum absolute atomic E-state index is 12.2. The van der Waals surface area contributed by atoms with Crippen LogP contribution in [0.4, 0.5) is 0 Å². The molecule has 1 atom stereocenters. The zero-order valence-electron chi connectivity index (χ0n) is 13.2. The van der Waals surface area contributed by atoms with Crippen LogP contribution in [0.3, 0.4) is 0 Å². The van der Waals surface area contributed by atoms with Gasteiger partial charge in [-0.15, -0.1) is 0 Å². The molecular weight excluding hydrogens is 324 g/mol. The molecule has 3 N–H and O–H groups in total. The van der Waals surface area contributed by atoms with Gasteiger partial charge in [-0.1, -0.05) is 36.4 Å². The molecule has 126 valence electrons. The number of nitrogens with one attached hydrogen (secondary N) is 1. The van der Waals surface area contributed by atoms with Gasteiger partial charge in [0.2, 0.25) is 15.9 Å². The summed E-state index contributed by atoms with van der Waals surface area (Å²) in [7, 11) is -3.70. The molecule has 0 fully saturated rings. The van der Waals surface area contributed by atoms with Crippen LogP contribution in [0.25, 0.3) is 0 Å². The number of carbonyl (C=O) groups excluding carboxylic acids is 1. The number of primary sulfonamides is 1. The molecule has 24 heavy (non-hydrogen) atoms. The highest BCUT2D eigenvalue weighted by atomic mass is 32.2. The van der Waals surface area contributed by atoms with E-state index in [0.717, 1.165) is 24.8 Å². The van der Waals surface area contributed by atoms with Crippen LogP contribution in [-0.4, -0.2) is 20.4 Å². The Balaban J connectivity index is 1.58. The lowest BCUT2D eigenvalue weighted by Gasteiger charge is -2.25. The van der Waals surface area contributed by atoms with Gasteiger partial charge in [0.05, 0.1) is 11.3 Å². The minimum absolute atomic E-state index is 0.0514. The van der Waals surface area contributed by atoms with Gasteiger partial charge >= 0.3 is 0 Å². The standard InChI is InChI=1S/C18H20N2O3S/c19-24(22,23)17-9-5-13(6-10-17)11-18(21)20-16-8-7-14-3-1-2-4-15(14)12-16/h1-6,9-10,16H,7-8,11-12H2,(H,20,21)(H2,19,22,23). The first-order valence-electron chi connectivity index (χ1n) is 7.90. The van der Waals surface area contributed by atoms with Crippen LogP contribution in [0.2, 0.25) is 0 Å². The number of carbonyl (C=O) groups is 1. The Morgan fingerprint density at radius 2 is 1.75 bits per heavy atom. The van der Waals surface area contributed by atoms with Crippen molar-refractivity contribution in [3.63, 3.8) is 0 Å². The Bertz CT molecular complexity index is 845. The quantitative estimate of drug-likeness (QED) is 0.882. The van der Waals surface area contributed by atoms with E-state index < -0.39 is 10.0 Å². The summed E-state index contributed by atoms with van der Waals surface area (Å²) in [4.78, 5) is 12.3. The largest absolute Gasteiger partial charge is 0.353 e. The normalized spacial score (nSPS) is 17.1. The molecule has 6 heteroatoms. The Morgan fingerprint density at radius 1 is 1.08 bits per heavy atom. The van der Waals surface area contributed by atoms with Gasteiger partial charge in [-0.25, -0.2) is 13.6 Å². The van der Waals surface area contributed by atoms with Crippen molar-refractivity contribution in [1.29, 1.82) is 0 Å². The molecule has 0 saturated heterocycles. The fourth-order valence-corrected chi connectivity index (χ4v) is 3.60. The third kappa shape index (κ3) is 4.01. The fourth-order valence-electron chi connectivity index (χ4n) is 3.08. The maximum Gasteiger partial charge on any atom is 0.238 e. The van der Waals surface area contributed by atoms with Crippen LogP contribution in [0.5, 0.6) is 0 Å². The fraction of sp³-hybridized carbons (Fsp3) is 0.278. The lowest BCUT2D eigenvalue weighted by Crippen LogP contribution is -2.39. The average Bonchev–Trinajstić information content (AvgIpc) is 2.54. The number of fused-ring (bicyclic) bond motifs is 1. The van der Waals surface area contributed by atoms with Crippen LogP contribution in [0.1, 0.15) is 23.1 Å². The first-order valence-corrected chi connectivity index (χ1v) is 9.44. The van der Waals surface area contributed by atoms with Crippen LogP contribution in [0.15, 0.2) is 53.4 Å². The number of nitrogens with two attached hydrogens (primary N) is 1. The number of hydrogen-bond donors (Lipinski definition) is 2. The third-order valence-corrected chi connectivity index (χ3v) is 5.26. The van der Waals surface area contributed by atoms with Crippen molar-refractivity contribution >= 4 is 15.9 Å². The maximum atomic E-state index is 12.2. The molecule has 5 nitrogen and oxygen atoms in total. The summed E-state index contributed by atoms with van der Waals surface area (Å²) in [6.07, 6.45) is 2.99. The average molecular weight is 344 g/mol. The number of amides is 1. The van der Waals surface area contributed by atoms with E-state index in [-0.39, 0.29) is 23.3 Å². The number of sulfonamides is 1. The van der Waals surface area contributed by atoms with E-state index >= 15 is 0 Å². The van der Waals surface area contributed by atoms with E-state index in [9.17, 15) is 13.2 Å². The predicted octanol–water partition coefficient (Wildman–Crippen LogP) is 1.55. The topological polar surface area (TPSA) is 89.3 Å². The van der Waals surface area contributed by atoms with Gasteiger partial charge in [-0.2, -0.15) is 0 Å². The van der Waals surface area contributed by atoms with Crippen molar-refractivity contribution in [2.45, 2.75) is 36.6 Å². The summed E-state index contributed by atoms with van der Waals surface area (Å²) in [5.41, 5.74) is 3.42. The second-order valence-corrected chi connectivity index (χ2v) is 7.70. The van der Waals surface area contributed by atoms with Crippen LogP contribution in [0, 0.1) is 0 Å². The van der Waals surface area contributed by atoms with Crippen LogP contribution >= 0.6 is 0 Å². The molecule has 0 aliphatic heterocycles. The van der Waals surface area contributed by atoms with Gasteiger partial charge in [0.1, 0.15) is 0 Å². The van der Waals surface area contributed by atoms with Crippen molar-refractivity contribution in [2.24, 2.45) is 5.14 Å². The molecule has 1 amide bonds. The van der Waals surface area contributed by atoms with Gasteiger partial charge < -0.3 is 5.32 Å². The first kappa shape index (κ1) is 16.7. The summed E-state index contributed by atoms with van der Waals surface area (Å²) in [6, 6.07) is 14.6. The van der Waals surface area contributed by atoms with Gasteiger partial charge in [0.25, 0.3) is 0 Å². The molecule has 1 unspecified atom stereocenters. The smallest absolute Gasteiger partial charge is 0.238 e. The highest BCUT2D eigenvalue weighted by Crippen LogP contribution is 2.21. The molecule has 1 aliphatic carbocycles. The molecule has 0 heterocycles. The molecule has 2 aromatic rings. The Kier molecular flexibility index (Phi) is 4.69. The van der Waals surface area contributed by atoms with Crippen molar-refractivity contribution in [3.8, 4) is 0 Å². The molecular formula is C18H20N2O3S. The van der Waals surface area contributed by atoms with E-state index in [1.54, 1.807) is 12.1 Å². The zero-order valence-corrected chi connectivity index (χ0v) is 14.1. The molecule has 0 saturated carbocycles.